The summed E-state index contributed by atoms with van der Waals surface area (Å²) in [6.45, 7) is 0.848. The number of rotatable bonds is 7. The maximum atomic E-state index is 11.2. The lowest BCUT2D eigenvalue weighted by molar-refractivity contribution is 0.0587. The van der Waals surface area contributed by atoms with Crippen molar-refractivity contribution in [3.8, 4) is 0 Å². The number of hydrogen-bond acceptors (Lipinski definition) is 7. The SMILES string of the molecule is COC(=O)c1nccc(NCCCNS(C)(=O)=O)n1. The zero-order chi connectivity index (χ0) is 14.3. The first-order valence-electron chi connectivity index (χ1n) is 5.52. The van der Waals surface area contributed by atoms with Crippen LogP contribution in [0.1, 0.15) is 17.0 Å². The average Bonchev–Trinajstić information content (AvgIpc) is 2.36. The van der Waals surface area contributed by atoms with Gasteiger partial charge in [-0.3, -0.25) is 0 Å². The van der Waals surface area contributed by atoms with Gasteiger partial charge in [-0.1, -0.05) is 0 Å². The summed E-state index contributed by atoms with van der Waals surface area (Å²) in [5.41, 5.74) is 0. The van der Waals surface area contributed by atoms with Crippen LogP contribution in [0.15, 0.2) is 12.3 Å². The number of nitrogens with zero attached hydrogens (tertiary/aromatic N) is 2. The molecule has 1 aromatic rings. The predicted molar refractivity (Wildman–Crippen MR) is 69.3 cm³/mol. The third-order valence-corrected chi connectivity index (χ3v) is 2.78. The number of carbonyl (C=O) groups excluding carboxylic acids is 1. The molecule has 0 aliphatic rings. The molecule has 0 fully saturated rings. The number of methoxy groups -OCH3 is 1. The molecule has 1 aromatic heterocycles. The number of aromatic nitrogens is 2. The molecule has 0 saturated carbocycles. The smallest absolute Gasteiger partial charge is 0.376 e. The van der Waals surface area contributed by atoms with Crippen LogP contribution in [0.5, 0.6) is 0 Å². The van der Waals surface area contributed by atoms with Gasteiger partial charge in [-0.05, 0) is 12.5 Å². The minimum atomic E-state index is -3.16. The second-order valence-electron chi connectivity index (χ2n) is 3.70. The van der Waals surface area contributed by atoms with Crippen molar-refractivity contribution in [2.45, 2.75) is 6.42 Å². The molecule has 0 bridgehead atoms. The molecule has 0 radical (unpaired) electrons. The molecule has 0 saturated heterocycles. The van der Waals surface area contributed by atoms with Crippen molar-refractivity contribution in [1.82, 2.24) is 14.7 Å². The molecule has 0 aromatic carbocycles. The van der Waals surface area contributed by atoms with E-state index in [0.29, 0.717) is 25.3 Å². The third kappa shape index (κ3) is 6.11. The second kappa shape index (κ2) is 7.00. The van der Waals surface area contributed by atoms with Gasteiger partial charge in [-0.15, -0.1) is 0 Å². The van der Waals surface area contributed by atoms with E-state index in [2.05, 4.69) is 24.7 Å². The first-order valence-corrected chi connectivity index (χ1v) is 7.41. The summed E-state index contributed by atoms with van der Waals surface area (Å²) in [4.78, 5) is 18.9. The molecule has 1 rings (SSSR count). The number of ether oxygens (including phenoxy) is 1. The van der Waals surface area contributed by atoms with Crippen molar-refractivity contribution in [2.75, 3.05) is 31.8 Å². The van der Waals surface area contributed by atoms with Crippen molar-refractivity contribution < 1.29 is 17.9 Å². The van der Waals surface area contributed by atoms with Gasteiger partial charge >= 0.3 is 5.97 Å². The number of esters is 1. The van der Waals surface area contributed by atoms with E-state index in [4.69, 9.17) is 0 Å². The Hall–Kier alpha value is -1.74. The predicted octanol–water partition coefficient (Wildman–Crippen LogP) is -0.386. The number of carbonyl (C=O) groups is 1. The molecule has 19 heavy (non-hydrogen) atoms. The summed E-state index contributed by atoms with van der Waals surface area (Å²) in [7, 11) is -1.90. The average molecular weight is 288 g/mol. The summed E-state index contributed by atoms with van der Waals surface area (Å²) in [6, 6.07) is 1.61. The minimum absolute atomic E-state index is 0.0261. The third-order valence-electron chi connectivity index (χ3n) is 2.05. The van der Waals surface area contributed by atoms with Gasteiger partial charge in [0.15, 0.2) is 0 Å². The van der Waals surface area contributed by atoms with Gasteiger partial charge in [0.2, 0.25) is 15.8 Å². The number of nitrogens with one attached hydrogen (secondary N) is 2. The Balaban J connectivity index is 2.39. The van der Waals surface area contributed by atoms with Crippen LogP contribution < -0.4 is 10.0 Å². The highest BCUT2D eigenvalue weighted by Gasteiger charge is 2.09. The molecular formula is C10H16N4O4S. The van der Waals surface area contributed by atoms with E-state index in [1.807, 2.05) is 0 Å². The van der Waals surface area contributed by atoms with Gasteiger partial charge in [0.05, 0.1) is 13.4 Å². The summed E-state index contributed by atoms with van der Waals surface area (Å²) < 4.78 is 28.5. The number of anilines is 1. The Kier molecular flexibility index (Phi) is 5.64. The molecule has 0 atom stereocenters. The Morgan fingerprint density at radius 1 is 1.42 bits per heavy atom. The molecule has 0 amide bonds. The highest BCUT2D eigenvalue weighted by molar-refractivity contribution is 7.88. The zero-order valence-electron chi connectivity index (χ0n) is 10.7. The Bertz CT molecular complexity index is 532. The minimum Gasteiger partial charge on any atom is -0.463 e. The fourth-order valence-electron chi connectivity index (χ4n) is 1.21. The lowest BCUT2D eigenvalue weighted by Gasteiger charge is -2.06. The number of sulfonamides is 1. The molecule has 1 heterocycles. The molecule has 9 heteroatoms. The Labute approximate surface area is 111 Å². The molecular weight excluding hydrogens is 272 g/mol. The first kappa shape index (κ1) is 15.3. The van der Waals surface area contributed by atoms with Crippen LogP contribution in [-0.4, -0.2) is 50.8 Å². The first-order chi connectivity index (χ1) is 8.92. The maximum absolute atomic E-state index is 11.2. The number of hydrogen-bond donors (Lipinski definition) is 2. The van der Waals surface area contributed by atoms with Gasteiger partial charge in [0.25, 0.3) is 0 Å². The lowest BCUT2D eigenvalue weighted by atomic mass is 10.4. The van der Waals surface area contributed by atoms with Crippen molar-refractivity contribution in [3.05, 3.63) is 18.1 Å². The standard InChI is InChI=1S/C10H16N4O4S/c1-18-10(15)9-12-7-4-8(14-9)11-5-3-6-13-19(2,16)17/h4,7,13H,3,5-6H2,1-2H3,(H,11,12,14). The normalized spacial score (nSPS) is 11.1. The van der Waals surface area contributed by atoms with Crippen LogP contribution in [0.4, 0.5) is 5.82 Å². The molecule has 106 valence electrons. The van der Waals surface area contributed by atoms with Crippen LogP contribution in [0, 0.1) is 0 Å². The maximum Gasteiger partial charge on any atom is 0.376 e. The van der Waals surface area contributed by atoms with Gasteiger partial charge in [-0.2, -0.15) is 0 Å². The highest BCUT2D eigenvalue weighted by Crippen LogP contribution is 2.02. The summed E-state index contributed by atoms with van der Waals surface area (Å²) in [6.07, 6.45) is 3.13. The summed E-state index contributed by atoms with van der Waals surface area (Å²) in [5, 5.41) is 2.96. The molecule has 0 aliphatic heterocycles. The van der Waals surface area contributed by atoms with Crippen LogP contribution >= 0.6 is 0 Å². The van der Waals surface area contributed by atoms with Crippen molar-refractivity contribution in [2.24, 2.45) is 0 Å². The topological polar surface area (TPSA) is 110 Å². The van der Waals surface area contributed by atoms with Gasteiger partial charge in [-0.25, -0.2) is 27.9 Å². The second-order valence-corrected chi connectivity index (χ2v) is 5.54. The summed E-state index contributed by atoms with van der Waals surface area (Å²) in [5.74, 6) is -0.154. The fourth-order valence-corrected chi connectivity index (χ4v) is 1.72. The van der Waals surface area contributed by atoms with Gasteiger partial charge in [0, 0.05) is 19.3 Å². The monoisotopic (exact) mass is 288 g/mol. The Morgan fingerprint density at radius 3 is 2.79 bits per heavy atom. The van der Waals surface area contributed by atoms with E-state index in [-0.39, 0.29) is 5.82 Å². The van der Waals surface area contributed by atoms with Crippen molar-refractivity contribution in [3.63, 3.8) is 0 Å². The van der Waals surface area contributed by atoms with E-state index >= 15 is 0 Å². The van der Waals surface area contributed by atoms with Crippen molar-refractivity contribution >= 4 is 21.8 Å². The van der Waals surface area contributed by atoms with Crippen molar-refractivity contribution in [1.29, 1.82) is 0 Å². The lowest BCUT2D eigenvalue weighted by Crippen LogP contribution is -2.24. The fraction of sp³-hybridized carbons (Fsp3) is 0.500. The quantitative estimate of drug-likeness (QED) is 0.519. The molecule has 0 unspecified atom stereocenters. The van der Waals surface area contributed by atoms with E-state index in [1.165, 1.54) is 13.3 Å². The summed E-state index contributed by atoms with van der Waals surface area (Å²) >= 11 is 0. The van der Waals surface area contributed by atoms with Crippen LogP contribution in [0.25, 0.3) is 0 Å². The van der Waals surface area contributed by atoms with Gasteiger partial charge < -0.3 is 10.1 Å². The van der Waals surface area contributed by atoms with E-state index in [1.54, 1.807) is 6.07 Å². The van der Waals surface area contributed by atoms with Gasteiger partial charge in [0.1, 0.15) is 5.82 Å². The highest BCUT2D eigenvalue weighted by atomic mass is 32.2. The Morgan fingerprint density at radius 2 is 2.16 bits per heavy atom. The van der Waals surface area contributed by atoms with Crippen LogP contribution in [0.3, 0.4) is 0 Å². The molecule has 0 aliphatic carbocycles. The largest absolute Gasteiger partial charge is 0.463 e. The van der Waals surface area contributed by atoms with E-state index in [0.717, 1.165) is 6.26 Å². The van der Waals surface area contributed by atoms with E-state index < -0.39 is 16.0 Å². The molecule has 0 spiro atoms. The van der Waals surface area contributed by atoms with Crippen LogP contribution in [-0.2, 0) is 14.8 Å². The molecule has 2 N–H and O–H groups in total. The zero-order valence-corrected chi connectivity index (χ0v) is 11.5. The molecule has 8 nitrogen and oxygen atoms in total. The van der Waals surface area contributed by atoms with E-state index in [9.17, 15) is 13.2 Å². The van der Waals surface area contributed by atoms with Crippen LogP contribution in [0.2, 0.25) is 0 Å².